The molecule has 0 spiro atoms. The van der Waals surface area contributed by atoms with Gasteiger partial charge < -0.3 is 5.32 Å². The van der Waals surface area contributed by atoms with Gasteiger partial charge in [0.25, 0.3) is 0 Å². The van der Waals surface area contributed by atoms with Gasteiger partial charge in [-0.2, -0.15) is 0 Å². The molecule has 0 aliphatic rings. The molecule has 0 fully saturated rings. The summed E-state index contributed by atoms with van der Waals surface area (Å²) in [7, 11) is 4.12. The lowest BCUT2D eigenvalue weighted by molar-refractivity contribution is 0.138. The molecule has 0 aliphatic carbocycles. The Morgan fingerprint density at radius 2 is 1.90 bits per heavy atom. The molecule has 0 saturated heterocycles. The Balaban J connectivity index is 2.90. The Kier molecular flexibility index (Phi) is 7.17. The summed E-state index contributed by atoms with van der Waals surface area (Å²) in [5.74, 6) is -0.113. The number of halogens is 1. The Morgan fingerprint density at radius 3 is 2.40 bits per heavy atom. The van der Waals surface area contributed by atoms with Gasteiger partial charge in [-0.3, -0.25) is 4.90 Å². The molecule has 1 aromatic rings. The van der Waals surface area contributed by atoms with Crippen LogP contribution in [0.3, 0.4) is 0 Å². The molecule has 3 heteroatoms. The van der Waals surface area contributed by atoms with Crippen LogP contribution in [-0.2, 0) is 0 Å². The number of likely N-dealkylation sites (N-methyl/N-ethyl adjacent to an activating group) is 2. The minimum atomic E-state index is -0.113. The van der Waals surface area contributed by atoms with Gasteiger partial charge in [0.1, 0.15) is 5.82 Å². The molecule has 1 aromatic carbocycles. The lowest BCUT2D eigenvalue weighted by atomic mass is 9.96. The van der Waals surface area contributed by atoms with Crippen LogP contribution in [0.2, 0.25) is 0 Å². The highest BCUT2D eigenvalue weighted by atomic mass is 19.1. The van der Waals surface area contributed by atoms with E-state index >= 15 is 0 Å². The summed E-state index contributed by atoms with van der Waals surface area (Å²) >= 11 is 0. The molecule has 0 saturated carbocycles. The Hall–Kier alpha value is -0.930. The van der Waals surface area contributed by atoms with Crippen molar-refractivity contribution < 1.29 is 4.39 Å². The maximum Gasteiger partial charge on any atom is 0.127 e. The van der Waals surface area contributed by atoms with E-state index < -0.39 is 0 Å². The van der Waals surface area contributed by atoms with Crippen molar-refractivity contribution in [2.45, 2.75) is 58.2 Å². The first-order valence-corrected chi connectivity index (χ1v) is 7.70. The summed E-state index contributed by atoms with van der Waals surface area (Å²) in [5, 5.41) is 3.42. The van der Waals surface area contributed by atoms with Gasteiger partial charge in [-0.05, 0) is 39.9 Å². The van der Waals surface area contributed by atoms with Gasteiger partial charge >= 0.3 is 0 Å². The van der Waals surface area contributed by atoms with E-state index in [0.717, 1.165) is 24.8 Å². The average molecular weight is 280 g/mol. The number of rotatable bonds is 8. The van der Waals surface area contributed by atoms with Crippen molar-refractivity contribution in [3.05, 3.63) is 35.6 Å². The van der Waals surface area contributed by atoms with Crippen molar-refractivity contribution in [3.63, 3.8) is 0 Å². The van der Waals surface area contributed by atoms with E-state index in [0.29, 0.717) is 12.1 Å². The van der Waals surface area contributed by atoms with Gasteiger partial charge in [0.15, 0.2) is 0 Å². The van der Waals surface area contributed by atoms with Crippen LogP contribution in [-0.4, -0.2) is 31.1 Å². The van der Waals surface area contributed by atoms with E-state index in [2.05, 4.69) is 38.0 Å². The van der Waals surface area contributed by atoms with Crippen molar-refractivity contribution >= 4 is 0 Å². The third-order valence-corrected chi connectivity index (χ3v) is 4.34. The predicted octanol–water partition coefficient (Wildman–Crippen LogP) is 3.99. The van der Waals surface area contributed by atoms with Gasteiger partial charge in [-0.1, -0.05) is 38.5 Å². The number of hydrogen-bond donors (Lipinski definition) is 1. The highest BCUT2D eigenvalue weighted by Gasteiger charge is 2.26. The highest BCUT2D eigenvalue weighted by molar-refractivity contribution is 5.20. The molecule has 2 nitrogen and oxygen atoms in total. The summed E-state index contributed by atoms with van der Waals surface area (Å²) < 4.78 is 14.0. The van der Waals surface area contributed by atoms with E-state index in [1.165, 1.54) is 0 Å². The molecule has 1 N–H and O–H groups in total. The SMILES string of the molecule is CCCC(NC)C(CC)N(C)C(C)c1ccccc1F. The fourth-order valence-corrected chi connectivity index (χ4v) is 3.02. The van der Waals surface area contributed by atoms with Crippen molar-refractivity contribution in [1.82, 2.24) is 10.2 Å². The Morgan fingerprint density at radius 1 is 1.25 bits per heavy atom. The Bertz CT molecular complexity index is 394. The van der Waals surface area contributed by atoms with E-state index in [-0.39, 0.29) is 11.9 Å². The van der Waals surface area contributed by atoms with Gasteiger partial charge in [0.2, 0.25) is 0 Å². The first-order valence-electron chi connectivity index (χ1n) is 7.70. The molecule has 20 heavy (non-hydrogen) atoms. The van der Waals surface area contributed by atoms with Crippen LogP contribution in [0, 0.1) is 5.82 Å². The van der Waals surface area contributed by atoms with Gasteiger partial charge in [-0.15, -0.1) is 0 Å². The molecule has 3 unspecified atom stereocenters. The third kappa shape index (κ3) is 4.03. The Labute approximate surface area is 123 Å². The standard InChI is InChI=1S/C17H29FN2/c1-6-10-16(19-4)17(7-2)20(5)13(3)14-11-8-9-12-15(14)18/h8-9,11-13,16-17,19H,6-7,10H2,1-5H3. The van der Waals surface area contributed by atoms with E-state index in [1.54, 1.807) is 12.1 Å². The molecular formula is C17H29FN2. The van der Waals surface area contributed by atoms with Gasteiger partial charge in [0.05, 0.1) is 0 Å². The van der Waals surface area contributed by atoms with Crippen LogP contribution < -0.4 is 5.32 Å². The largest absolute Gasteiger partial charge is 0.315 e. The lowest BCUT2D eigenvalue weighted by Crippen LogP contribution is -2.48. The second kappa shape index (κ2) is 8.38. The van der Waals surface area contributed by atoms with Crippen LogP contribution in [0.25, 0.3) is 0 Å². The van der Waals surface area contributed by atoms with Gasteiger partial charge in [-0.25, -0.2) is 4.39 Å². The van der Waals surface area contributed by atoms with Crippen molar-refractivity contribution in [2.24, 2.45) is 0 Å². The average Bonchev–Trinajstić information content (AvgIpc) is 2.46. The van der Waals surface area contributed by atoms with Crippen LogP contribution in [0.15, 0.2) is 24.3 Å². The maximum atomic E-state index is 14.0. The molecule has 0 bridgehead atoms. The summed E-state index contributed by atoms with van der Waals surface area (Å²) in [5.41, 5.74) is 0.778. The van der Waals surface area contributed by atoms with Crippen LogP contribution in [0.1, 0.15) is 51.6 Å². The predicted molar refractivity (Wildman–Crippen MR) is 84.4 cm³/mol. The summed E-state index contributed by atoms with van der Waals surface area (Å²) in [6.45, 7) is 6.49. The zero-order chi connectivity index (χ0) is 15.1. The van der Waals surface area contributed by atoms with Crippen LogP contribution in [0.5, 0.6) is 0 Å². The summed E-state index contributed by atoms with van der Waals surface area (Å²) in [4.78, 5) is 2.30. The first-order chi connectivity index (χ1) is 9.56. The van der Waals surface area contributed by atoms with E-state index in [1.807, 2.05) is 19.2 Å². The normalized spacial score (nSPS) is 16.1. The number of benzene rings is 1. The molecule has 1 rings (SSSR count). The quantitative estimate of drug-likeness (QED) is 0.774. The fourth-order valence-electron chi connectivity index (χ4n) is 3.02. The molecule has 3 atom stereocenters. The van der Waals surface area contributed by atoms with E-state index in [9.17, 15) is 4.39 Å². The fraction of sp³-hybridized carbons (Fsp3) is 0.647. The highest BCUT2D eigenvalue weighted by Crippen LogP contribution is 2.26. The summed E-state index contributed by atoms with van der Waals surface area (Å²) in [6.07, 6.45) is 3.36. The minimum Gasteiger partial charge on any atom is -0.315 e. The zero-order valence-electron chi connectivity index (χ0n) is 13.5. The maximum absolute atomic E-state index is 14.0. The molecule has 0 amide bonds. The van der Waals surface area contributed by atoms with Crippen LogP contribution in [0.4, 0.5) is 4.39 Å². The first kappa shape index (κ1) is 17.1. The zero-order valence-corrected chi connectivity index (χ0v) is 13.5. The number of hydrogen-bond acceptors (Lipinski definition) is 2. The summed E-state index contributed by atoms with van der Waals surface area (Å²) in [6, 6.07) is 8.02. The van der Waals surface area contributed by atoms with Gasteiger partial charge in [0, 0.05) is 23.7 Å². The molecule has 114 valence electrons. The molecular weight excluding hydrogens is 251 g/mol. The monoisotopic (exact) mass is 280 g/mol. The minimum absolute atomic E-state index is 0.0776. The molecule has 0 aromatic heterocycles. The smallest absolute Gasteiger partial charge is 0.127 e. The molecule has 0 heterocycles. The number of nitrogens with one attached hydrogen (secondary N) is 1. The second-order valence-corrected chi connectivity index (χ2v) is 5.52. The molecule has 0 aliphatic heterocycles. The lowest BCUT2D eigenvalue weighted by Gasteiger charge is -2.38. The number of nitrogens with zero attached hydrogens (tertiary/aromatic N) is 1. The van der Waals surface area contributed by atoms with E-state index in [4.69, 9.17) is 0 Å². The third-order valence-electron chi connectivity index (χ3n) is 4.34. The van der Waals surface area contributed by atoms with Crippen molar-refractivity contribution in [1.29, 1.82) is 0 Å². The molecule has 0 radical (unpaired) electrons. The van der Waals surface area contributed by atoms with Crippen molar-refractivity contribution in [3.8, 4) is 0 Å². The second-order valence-electron chi connectivity index (χ2n) is 5.52. The van der Waals surface area contributed by atoms with Crippen molar-refractivity contribution in [2.75, 3.05) is 14.1 Å². The van der Waals surface area contributed by atoms with Crippen LogP contribution >= 0.6 is 0 Å². The topological polar surface area (TPSA) is 15.3 Å².